The van der Waals surface area contributed by atoms with Crippen LogP contribution in [0.1, 0.15) is 1.43 Å². The molecule has 0 atom stereocenters. The zero-order valence-corrected chi connectivity index (χ0v) is 24.9. The molecule has 0 amide bonds. The van der Waals surface area contributed by atoms with Gasteiger partial charge in [-0.05, 0) is 72.8 Å². The molecule has 0 unspecified atom stereocenters. The normalized spacial score (nSPS) is 10.1. The number of pyridine rings is 3. The fraction of sp³-hybridized carbons (Fsp3) is 0. The van der Waals surface area contributed by atoms with Gasteiger partial charge in [0.2, 0.25) is 0 Å². The van der Waals surface area contributed by atoms with Gasteiger partial charge in [-0.3, -0.25) is 15.0 Å². The van der Waals surface area contributed by atoms with Crippen LogP contribution in [0, 0.1) is 0 Å². The Morgan fingerprint density at radius 2 is 0.730 bits per heavy atom. The third-order valence-corrected chi connectivity index (χ3v) is 6.07. The van der Waals surface area contributed by atoms with Gasteiger partial charge in [-0.1, -0.05) is 34.8 Å². The number of halogens is 3. The van der Waals surface area contributed by atoms with Crippen LogP contribution < -0.4 is 51.4 Å². The second-order valence-electron chi connectivity index (χ2n) is 7.40. The molecule has 6 aromatic rings. The van der Waals surface area contributed by atoms with Crippen molar-refractivity contribution < 1.29 is 68.1 Å². The average molecular weight is 579 g/mol. The molecule has 3 heterocycles. The van der Waals surface area contributed by atoms with Crippen LogP contribution in [0.3, 0.4) is 0 Å². The monoisotopic (exact) mass is 577 g/mol. The van der Waals surface area contributed by atoms with Crippen molar-refractivity contribution in [3.8, 4) is 17.2 Å². The molecule has 0 saturated heterocycles. The smallest absolute Gasteiger partial charge is 1.00 e. The Morgan fingerprint density at radius 3 is 0.973 bits per heavy atom. The van der Waals surface area contributed by atoms with E-state index in [1.165, 1.54) is 18.2 Å². The molecule has 6 rings (SSSR count). The molecule has 10 heteroatoms. The first-order chi connectivity index (χ1) is 17.4. The number of fused-ring (bicyclic) bond motifs is 3. The van der Waals surface area contributed by atoms with E-state index < -0.39 is 0 Å². The fourth-order valence-electron chi connectivity index (χ4n) is 3.37. The minimum Gasteiger partial charge on any atom is -1.00 e. The zero-order valence-electron chi connectivity index (χ0n) is 20.5. The van der Waals surface area contributed by atoms with Gasteiger partial charge in [0.25, 0.3) is 0 Å². The number of nitrogens with zero attached hydrogens (tertiary/aromatic N) is 3. The van der Waals surface area contributed by atoms with E-state index in [-0.39, 0.29) is 70.1 Å². The summed E-state index contributed by atoms with van der Waals surface area (Å²) in [6.07, 6.45) is 4.87. The molecule has 6 nitrogen and oxygen atoms in total. The minimum atomic E-state index is 0. The van der Waals surface area contributed by atoms with Gasteiger partial charge >= 0.3 is 51.4 Å². The second-order valence-corrected chi connectivity index (χ2v) is 8.62. The molecule has 0 spiro atoms. The molecule has 3 aromatic carbocycles. The van der Waals surface area contributed by atoms with E-state index in [4.69, 9.17) is 34.8 Å². The summed E-state index contributed by atoms with van der Waals surface area (Å²) in [5.41, 5.74) is 1.64. The molecule has 182 valence electrons. The summed E-state index contributed by atoms with van der Waals surface area (Å²) in [4.78, 5) is 12.0. The van der Waals surface area contributed by atoms with E-state index in [1.54, 1.807) is 55.0 Å². The topological polar surface area (TPSA) is 99.4 Å². The Labute approximate surface area is 271 Å². The maximum atomic E-state index is 9.37. The van der Waals surface area contributed by atoms with E-state index in [1.807, 2.05) is 18.2 Å². The Bertz CT molecular complexity index is 1370. The van der Waals surface area contributed by atoms with Gasteiger partial charge in [0.05, 0.1) is 15.1 Å². The molecule has 0 aliphatic carbocycles. The Balaban J connectivity index is 0.000000195. The number of aromatic nitrogens is 3. The number of hydrogen-bond acceptors (Lipinski definition) is 6. The first kappa shape index (κ1) is 29.4. The van der Waals surface area contributed by atoms with Crippen molar-refractivity contribution in [1.82, 2.24) is 15.0 Å². The first-order valence-electron chi connectivity index (χ1n) is 10.5. The third kappa shape index (κ3) is 7.01. The molecule has 0 aliphatic heterocycles. The molecule has 0 fully saturated rings. The molecule has 0 radical (unpaired) electrons. The van der Waals surface area contributed by atoms with Gasteiger partial charge in [0, 0.05) is 34.7 Å². The zero-order chi connectivity index (χ0) is 25.7. The van der Waals surface area contributed by atoms with E-state index in [9.17, 15) is 15.3 Å². The fourth-order valence-corrected chi connectivity index (χ4v) is 4.02. The van der Waals surface area contributed by atoms with Crippen molar-refractivity contribution in [2.45, 2.75) is 0 Å². The Kier molecular flexibility index (Phi) is 10.7. The molecule has 3 aromatic heterocycles. The summed E-state index contributed by atoms with van der Waals surface area (Å²) in [7, 11) is 0. The van der Waals surface area contributed by atoms with Crippen LogP contribution >= 0.6 is 34.8 Å². The van der Waals surface area contributed by atoms with Gasteiger partial charge in [-0.2, -0.15) is 0 Å². The van der Waals surface area contributed by atoms with Crippen molar-refractivity contribution in [3.05, 3.63) is 106 Å². The van der Waals surface area contributed by atoms with Crippen molar-refractivity contribution in [3.63, 3.8) is 0 Å². The molecule has 37 heavy (non-hydrogen) atoms. The summed E-state index contributed by atoms with van der Waals surface area (Å²) in [5, 5.41) is 32.3. The second kappa shape index (κ2) is 13.5. The first-order valence-corrected chi connectivity index (χ1v) is 11.7. The van der Waals surface area contributed by atoms with Crippen LogP contribution in [0.2, 0.25) is 15.1 Å². The number of aromatic hydroxyl groups is 3. The SMILES string of the molecule is Oc1ccc(Cl)c2cccnc12.Oc1ccc(Cl)c2cccnc12.Oc1ccc(Cl)c2cccnc12.[H-].[K+]. The molecule has 3 N–H and O–H groups in total. The largest absolute Gasteiger partial charge is 1.00 e. The van der Waals surface area contributed by atoms with Gasteiger partial charge in [-0.25, -0.2) is 0 Å². The van der Waals surface area contributed by atoms with E-state index in [2.05, 4.69) is 15.0 Å². The minimum absolute atomic E-state index is 0. The number of phenolic OH excluding ortho intramolecular Hbond substituents is 3. The van der Waals surface area contributed by atoms with Crippen LogP contribution in [0.4, 0.5) is 0 Å². The van der Waals surface area contributed by atoms with Gasteiger partial charge in [0.1, 0.15) is 33.8 Å². The number of benzene rings is 3. The molecular formula is C27H19Cl3KN3O3. The van der Waals surface area contributed by atoms with E-state index in [0.717, 1.165) is 16.2 Å². The van der Waals surface area contributed by atoms with Crippen molar-refractivity contribution in [2.75, 3.05) is 0 Å². The number of hydrogen-bond donors (Lipinski definition) is 3. The maximum absolute atomic E-state index is 9.37. The van der Waals surface area contributed by atoms with E-state index >= 15 is 0 Å². The number of phenols is 3. The average Bonchev–Trinajstić information content (AvgIpc) is 2.92. The predicted octanol–water partition coefficient (Wildman–Crippen LogP) is 4.90. The van der Waals surface area contributed by atoms with Crippen molar-refractivity contribution in [1.29, 1.82) is 0 Å². The quantitative estimate of drug-likeness (QED) is 0.222. The molecule has 0 aliphatic rings. The Morgan fingerprint density at radius 1 is 0.459 bits per heavy atom. The van der Waals surface area contributed by atoms with Crippen LogP contribution in [0.25, 0.3) is 32.7 Å². The summed E-state index contributed by atoms with van der Waals surface area (Å²) in [5.74, 6) is 0.486. The van der Waals surface area contributed by atoms with Crippen LogP contribution in [-0.4, -0.2) is 30.3 Å². The van der Waals surface area contributed by atoms with Crippen molar-refractivity contribution >= 4 is 67.5 Å². The Hall–Kier alpha value is -2.20. The summed E-state index contributed by atoms with van der Waals surface area (Å²) in [6.45, 7) is 0. The third-order valence-electron chi connectivity index (χ3n) is 5.09. The standard InChI is InChI=1S/3C9H6ClNO.K.H/c3*10-7-3-4-8(12)9-6(7)2-1-5-11-9;;/h3*1-5,12H;;/q;;;+1;-1. The summed E-state index contributed by atoms with van der Waals surface area (Å²) < 4.78 is 0. The molecule has 0 saturated carbocycles. The van der Waals surface area contributed by atoms with Crippen molar-refractivity contribution in [2.24, 2.45) is 0 Å². The molecular weight excluding hydrogens is 560 g/mol. The van der Waals surface area contributed by atoms with Crippen LogP contribution in [0.15, 0.2) is 91.4 Å². The van der Waals surface area contributed by atoms with Crippen LogP contribution in [-0.2, 0) is 0 Å². The summed E-state index contributed by atoms with van der Waals surface area (Å²) >= 11 is 17.6. The molecule has 0 bridgehead atoms. The van der Waals surface area contributed by atoms with Crippen LogP contribution in [0.5, 0.6) is 17.2 Å². The summed E-state index contributed by atoms with van der Waals surface area (Å²) in [6, 6.07) is 20.4. The predicted molar refractivity (Wildman–Crippen MR) is 146 cm³/mol. The number of rotatable bonds is 0. The van der Waals surface area contributed by atoms with E-state index in [0.29, 0.717) is 31.6 Å². The maximum Gasteiger partial charge on any atom is 1.00 e. The van der Waals surface area contributed by atoms with Gasteiger partial charge in [-0.15, -0.1) is 0 Å². The van der Waals surface area contributed by atoms with Gasteiger partial charge in [0.15, 0.2) is 0 Å². The van der Waals surface area contributed by atoms with Gasteiger partial charge < -0.3 is 16.7 Å².